The van der Waals surface area contributed by atoms with Gasteiger partial charge in [0.15, 0.2) is 5.78 Å². The van der Waals surface area contributed by atoms with Crippen LogP contribution in [0.15, 0.2) is 48.0 Å². The second kappa shape index (κ2) is 6.78. The van der Waals surface area contributed by atoms with E-state index in [0.29, 0.717) is 5.56 Å². The number of thioether (sulfide) groups is 1. The number of ketones is 1. The third-order valence-corrected chi connectivity index (χ3v) is 4.95. The van der Waals surface area contributed by atoms with Crippen molar-refractivity contribution >= 4 is 34.8 Å². The van der Waals surface area contributed by atoms with Crippen molar-refractivity contribution in [2.24, 2.45) is 0 Å². The van der Waals surface area contributed by atoms with Gasteiger partial charge < -0.3 is 0 Å². The molecule has 24 heavy (non-hydrogen) atoms. The fraction of sp³-hybridized carbons (Fsp3) is 0.190. The lowest BCUT2D eigenvalue weighted by atomic mass is 10.00. The molecule has 0 aromatic heterocycles. The second-order valence-electron chi connectivity index (χ2n) is 5.96. The Labute approximate surface area is 146 Å². The van der Waals surface area contributed by atoms with Crippen LogP contribution in [0.3, 0.4) is 0 Å². The van der Waals surface area contributed by atoms with Crippen LogP contribution in [-0.2, 0) is 0 Å². The highest BCUT2D eigenvalue weighted by Gasteiger charge is 2.23. The number of Topliss-reactive ketones (excluding diaryl/α,β-unsaturated/α-hetero) is 1. The Morgan fingerprint density at radius 1 is 1.12 bits per heavy atom. The molecule has 0 atom stereocenters. The predicted molar refractivity (Wildman–Crippen MR) is 102 cm³/mol. The zero-order valence-electron chi connectivity index (χ0n) is 14.0. The third kappa shape index (κ3) is 3.09. The van der Waals surface area contributed by atoms with Crippen LogP contribution in [0, 0.1) is 5.82 Å². The summed E-state index contributed by atoms with van der Waals surface area (Å²) < 4.78 is 13.7. The highest BCUT2D eigenvalue weighted by molar-refractivity contribution is 7.99. The minimum absolute atomic E-state index is 0.0641. The van der Waals surface area contributed by atoms with E-state index >= 15 is 0 Å². The lowest BCUT2D eigenvalue weighted by Gasteiger charge is -2.05. The Morgan fingerprint density at radius 3 is 2.46 bits per heavy atom. The van der Waals surface area contributed by atoms with Gasteiger partial charge in [-0.3, -0.25) is 4.79 Å². The van der Waals surface area contributed by atoms with E-state index in [1.54, 1.807) is 24.8 Å². The van der Waals surface area contributed by atoms with Crippen molar-refractivity contribution in [2.75, 3.05) is 12.0 Å². The molecular formula is C21H19FOS. The van der Waals surface area contributed by atoms with Crippen LogP contribution in [0.25, 0.3) is 17.2 Å². The van der Waals surface area contributed by atoms with Gasteiger partial charge in [-0.25, -0.2) is 4.39 Å². The quantitative estimate of drug-likeness (QED) is 0.663. The molecule has 0 radical (unpaired) electrons. The molecule has 1 aliphatic carbocycles. The molecule has 0 unspecified atom stereocenters. The molecule has 0 heterocycles. The van der Waals surface area contributed by atoms with E-state index in [0.717, 1.165) is 28.0 Å². The molecule has 0 saturated heterocycles. The molecule has 3 heteroatoms. The molecular weight excluding hydrogens is 319 g/mol. The van der Waals surface area contributed by atoms with Crippen LogP contribution < -0.4 is 0 Å². The first-order chi connectivity index (χ1) is 11.5. The van der Waals surface area contributed by atoms with Crippen molar-refractivity contribution < 1.29 is 9.18 Å². The Morgan fingerprint density at radius 2 is 1.83 bits per heavy atom. The number of rotatable bonds is 4. The smallest absolute Gasteiger partial charge is 0.159 e. The zero-order valence-corrected chi connectivity index (χ0v) is 14.8. The maximum absolute atomic E-state index is 13.7. The molecule has 3 rings (SSSR count). The normalized spacial score (nSPS) is 15.1. The van der Waals surface area contributed by atoms with Gasteiger partial charge in [0, 0.05) is 11.3 Å². The van der Waals surface area contributed by atoms with Gasteiger partial charge >= 0.3 is 0 Å². The molecule has 122 valence electrons. The maximum Gasteiger partial charge on any atom is 0.159 e. The number of carbonyl (C=O) groups is 1. The lowest BCUT2D eigenvalue weighted by molar-refractivity contribution is 0.101. The average molecular weight is 338 g/mol. The van der Waals surface area contributed by atoms with Crippen molar-refractivity contribution in [3.63, 3.8) is 0 Å². The molecule has 0 amide bonds. The van der Waals surface area contributed by atoms with Crippen LogP contribution >= 0.6 is 11.8 Å². The number of hydrogen-bond donors (Lipinski definition) is 0. The first kappa shape index (κ1) is 16.7. The summed E-state index contributed by atoms with van der Waals surface area (Å²) in [6.07, 6.45) is 4.17. The summed E-state index contributed by atoms with van der Waals surface area (Å²) in [6, 6.07) is 12.6. The van der Waals surface area contributed by atoms with Gasteiger partial charge in [0.25, 0.3) is 0 Å². The highest BCUT2D eigenvalue weighted by Crippen LogP contribution is 2.43. The summed E-state index contributed by atoms with van der Waals surface area (Å²) in [4.78, 5) is 11.4. The molecule has 0 spiro atoms. The van der Waals surface area contributed by atoms with Crippen molar-refractivity contribution in [3.05, 3.63) is 76.1 Å². The van der Waals surface area contributed by atoms with Crippen LogP contribution in [0.1, 0.15) is 40.9 Å². The van der Waals surface area contributed by atoms with Gasteiger partial charge in [0.1, 0.15) is 5.82 Å². The zero-order chi connectivity index (χ0) is 17.3. The molecule has 2 aromatic carbocycles. The summed E-state index contributed by atoms with van der Waals surface area (Å²) in [5.74, 6) is 0.726. The van der Waals surface area contributed by atoms with E-state index in [-0.39, 0.29) is 11.6 Å². The summed E-state index contributed by atoms with van der Waals surface area (Å²) in [7, 11) is 0. The van der Waals surface area contributed by atoms with E-state index in [4.69, 9.17) is 0 Å². The van der Waals surface area contributed by atoms with E-state index in [1.807, 2.05) is 30.3 Å². The third-order valence-electron chi connectivity index (χ3n) is 4.37. The van der Waals surface area contributed by atoms with Gasteiger partial charge in [-0.05, 0) is 71.7 Å². The van der Waals surface area contributed by atoms with Crippen LogP contribution in [-0.4, -0.2) is 17.8 Å². The Hall–Kier alpha value is -2.13. The first-order valence-corrected chi connectivity index (χ1v) is 9.22. The van der Waals surface area contributed by atoms with Crippen molar-refractivity contribution in [3.8, 4) is 0 Å². The fourth-order valence-corrected chi connectivity index (χ4v) is 3.73. The number of allylic oxidation sites excluding steroid dienone is 2. The van der Waals surface area contributed by atoms with E-state index in [1.165, 1.54) is 17.2 Å². The average Bonchev–Trinajstić information content (AvgIpc) is 2.81. The van der Waals surface area contributed by atoms with Gasteiger partial charge in [0.2, 0.25) is 0 Å². The van der Waals surface area contributed by atoms with Crippen molar-refractivity contribution in [1.82, 2.24) is 0 Å². The standard InChI is InChI=1S/C21H19FOS/c1-13-19(10-15-4-6-16(7-5-15)14(2)23)18-9-8-17(22)11-20(18)21(13)12-24-3/h4-11H,12H2,1-3H3. The Bertz CT molecular complexity index is 860. The summed E-state index contributed by atoms with van der Waals surface area (Å²) in [5.41, 5.74) is 7.34. The topological polar surface area (TPSA) is 17.1 Å². The minimum atomic E-state index is -0.202. The molecule has 0 N–H and O–H groups in total. The first-order valence-electron chi connectivity index (χ1n) is 7.83. The molecule has 0 saturated carbocycles. The molecule has 1 nitrogen and oxygen atoms in total. The number of halogens is 1. The molecule has 0 fully saturated rings. The van der Waals surface area contributed by atoms with Crippen molar-refractivity contribution in [2.45, 2.75) is 13.8 Å². The summed E-state index contributed by atoms with van der Waals surface area (Å²) in [6.45, 7) is 3.66. The van der Waals surface area contributed by atoms with Gasteiger partial charge in [-0.1, -0.05) is 30.3 Å². The predicted octanol–water partition coefficient (Wildman–Crippen LogP) is 5.72. The number of hydrogen-bond acceptors (Lipinski definition) is 2. The Kier molecular flexibility index (Phi) is 4.72. The van der Waals surface area contributed by atoms with E-state index < -0.39 is 0 Å². The largest absolute Gasteiger partial charge is 0.295 e. The molecule has 0 bridgehead atoms. The molecule has 0 aliphatic heterocycles. The number of benzene rings is 2. The van der Waals surface area contributed by atoms with Crippen LogP contribution in [0.2, 0.25) is 0 Å². The fourth-order valence-electron chi connectivity index (χ4n) is 3.06. The van der Waals surface area contributed by atoms with Crippen molar-refractivity contribution in [1.29, 1.82) is 0 Å². The highest BCUT2D eigenvalue weighted by atomic mass is 32.2. The van der Waals surface area contributed by atoms with E-state index in [2.05, 4.69) is 19.3 Å². The molecule has 1 aliphatic rings. The second-order valence-corrected chi connectivity index (χ2v) is 6.83. The monoisotopic (exact) mass is 338 g/mol. The summed E-state index contributed by atoms with van der Waals surface area (Å²) in [5, 5.41) is 0. The molecule has 2 aromatic rings. The Balaban J connectivity index is 2.08. The SMILES string of the molecule is CSCC1=C(C)C(=Cc2ccc(C(C)=O)cc2)c2ccc(F)cc21. The number of carbonyl (C=O) groups excluding carboxylic acids is 1. The summed E-state index contributed by atoms with van der Waals surface area (Å²) >= 11 is 1.74. The van der Waals surface area contributed by atoms with E-state index in [9.17, 15) is 9.18 Å². The maximum atomic E-state index is 13.7. The van der Waals surface area contributed by atoms with Gasteiger partial charge in [-0.2, -0.15) is 11.8 Å². The lowest BCUT2D eigenvalue weighted by Crippen LogP contribution is -1.91. The number of fused-ring (bicyclic) bond motifs is 1. The van der Waals surface area contributed by atoms with Crippen LogP contribution in [0.4, 0.5) is 4.39 Å². The van der Waals surface area contributed by atoms with Crippen LogP contribution in [0.5, 0.6) is 0 Å². The van der Waals surface area contributed by atoms with Gasteiger partial charge in [0.05, 0.1) is 0 Å². The minimum Gasteiger partial charge on any atom is -0.295 e. The van der Waals surface area contributed by atoms with Gasteiger partial charge in [-0.15, -0.1) is 0 Å².